The van der Waals surface area contributed by atoms with Gasteiger partial charge in [-0.3, -0.25) is 19.1 Å². The van der Waals surface area contributed by atoms with Crippen molar-refractivity contribution in [1.29, 1.82) is 0 Å². The summed E-state index contributed by atoms with van der Waals surface area (Å²) in [4.78, 5) is 48.3. The molecule has 3 amide bonds. The Morgan fingerprint density at radius 1 is 1.26 bits per heavy atom. The van der Waals surface area contributed by atoms with Crippen LogP contribution in [0.3, 0.4) is 0 Å². The standard InChI is InChI=1S/C31H39ClN6O7S2/c1-6-16-13-31(16,28(41)36-47(42,43)19-8-9-19)38(29(34)46)24(30(2,3)4)27(40)37-15-18(12-22(37)25(33)39)45-26-21-11-17(32)7-10-20(21)23(44-5)14-35-26/h6-7,10-11,14,16,18-19,22,24H,1,8-9,12-13,15H2,2-5H3,(H2,33,39)(H2,34,46)(H,36,41)/t16-,18?,22?,24-,31-/m1/s1. The number of hydrogen-bond donors (Lipinski definition) is 3. The number of aromatic nitrogens is 1. The van der Waals surface area contributed by atoms with E-state index in [0.29, 0.717) is 34.4 Å². The summed E-state index contributed by atoms with van der Waals surface area (Å²) in [6.45, 7) is 9.05. The number of thiocarbonyl (C=S) groups is 1. The Morgan fingerprint density at radius 2 is 1.94 bits per heavy atom. The molecule has 3 aliphatic rings. The normalized spacial score (nSPS) is 24.7. The molecule has 5 atom stereocenters. The summed E-state index contributed by atoms with van der Waals surface area (Å²) in [6, 6.07) is 2.88. The number of amides is 3. The Morgan fingerprint density at radius 3 is 2.47 bits per heavy atom. The molecule has 5 rings (SSSR count). The quantitative estimate of drug-likeness (QED) is 0.230. The van der Waals surface area contributed by atoms with Crippen molar-refractivity contribution in [3.05, 3.63) is 42.1 Å². The highest BCUT2D eigenvalue weighted by Crippen LogP contribution is 2.53. The van der Waals surface area contributed by atoms with Gasteiger partial charge in [-0.2, -0.15) is 0 Å². The van der Waals surface area contributed by atoms with Crippen LogP contribution in [0.2, 0.25) is 5.02 Å². The van der Waals surface area contributed by atoms with Gasteiger partial charge >= 0.3 is 0 Å². The highest BCUT2D eigenvalue weighted by atomic mass is 35.5. The minimum atomic E-state index is -3.94. The predicted molar refractivity (Wildman–Crippen MR) is 180 cm³/mol. The fraction of sp³-hybridized carbons (Fsp3) is 0.516. The molecular weight excluding hydrogens is 668 g/mol. The van der Waals surface area contributed by atoms with Gasteiger partial charge in [0.2, 0.25) is 27.7 Å². The van der Waals surface area contributed by atoms with E-state index >= 15 is 0 Å². The van der Waals surface area contributed by atoms with E-state index in [2.05, 4.69) is 16.3 Å². The van der Waals surface area contributed by atoms with E-state index in [1.165, 1.54) is 29.2 Å². The molecule has 2 heterocycles. The predicted octanol–water partition coefficient (Wildman–Crippen LogP) is 2.24. The summed E-state index contributed by atoms with van der Waals surface area (Å²) in [5, 5.41) is 0.779. The number of nitrogens with two attached hydrogens (primary N) is 2. The van der Waals surface area contributed by atoms with E-state index in [0.717, 1.165) is 0 Å². The molecule has 3 fully saturated rings. The fourth-order valence-electron chi connectivity index (χ4n) is 6.44. The van der Waals surface area contributed by atoms with Gasteiger partial charge in [0.1, 0.15) is 29.5 Å². The zero-order chi connectivity index (χ0) is 34.6. The summed E-state index contributed by atoms with van der Waals surface area (Å²) >= 11 is 11.7. The highest BCUT2D eigenvalue weighted by molar-refractivity contribution is 7.91. The lowest BCUT2D eigenvalue weighted by Gasteiger charge is -2.45. The SMILES string of the molecule is C=C[C@@H]1C[C@@]1(C(=O)NS(=O)(=O)C1CC1)N(C(N)=S)[C@H](C(=O)N1CC(Oc2ncc(OC)c3ccc(Cl)cc23)CC1C(N)=O)C(C)(C)C. The van der Waals surface area contributed by atoms with Gasteiger partial charge in [0.15, 0.2) is 5.11 Å². The molecule has 47 heavy (non-hydrogen) atoms. The first-order valence-electron chi connectivity index (χ1n) is 15.1. The van der Waals surface area contributed by atoms with Crippen LogP contribution in [-0.4, -0.2) is 88.7 Å². The molecule has 2 unspecified atom stereocenters. The van der Waals surface area contributed by atoms with Crippen molar-refractivity contribution in [2.24, 2.45) is 22.8 Å². The Labute approximate surface area is 284 Å². The number of ether oxygens (including phenoxy) is 2. The van der Waals surface area contributed by atoms with Gasteiger partial charge in [-0.25, -0.2) is 13.4 Å². The largest absolute Gasteiger partial charge is 0.494 e. The maximum absolute atomic E-state index is 14.7. The summed E-state index contributed by atoms with van der Waals surface area (Å²) in [6.07, 6.45) is 3.40. The van der Waals surface area contributed by atoms with Gasteiger partial charge in [-0.1, -0.05) is 38.4 Å². The van der Waals surface area contributed by atoms with Crippen LogP contribution in [0.5, 0.6) is 11.6 Å². The Bertz CT molecular complexity index is 1760. The number of pyridine rings is 1. The summed E-state index contributed by atoms with van der Waals surface area (Å²) in [5.41, 5.74) is 9.58. The van der Waals surface area contributed by atoms with E-state index in [1.807, 2.05) is 0 Å². The summed E-state index contributed by atoms with van der Waals surface area (Å²) in [5.74, 6) is -2.00. The fourth-order valence-corrected chi connectivity index (χ4v) is 8.23. The Balaban J connectivity index is 1.49. The minimum absolute atomic E-state index is 0.0555. The number of rotatable bonds is 11. The number of sulfonamides is 1. The van der Waals surface area contributed by atoms with E-state index in [1.54, 1.807) is 39.0 Å². The molecule has 0 radical (unpaired) electrons. The van der Waals surface area contributed by atoms with Crippen molar-refractivity contribution >= 4 is 67.4 Å². The Hall–Kier alpha value is -3.69. The minimum Gasteiger partial charge on any atom is -0.494 e. The number of halogens is 1. The van der Waals surface area contributed by atoms with Crippen LogP contribution in [0, 0.1) is 11.3 Å². The van der Waals surface area contributed by atoms with Crippen LogP contribution in [0.1, 0.15) is 46.5 Å². The number of primary amides is 1. The van der Waals surface area contributed by atoms with Gasteiger partial charge in [0, 0.05) is 28.1 Å². The third kappa shape index (κ3) is 6.44. The molecule has 1 aromatic heterocycles. The monoisotopic (exact) mass is 706 g/mol. The van der Waals surface area contributed by atoms with Crippen LogP contribution in [0.15, 0.2) is 37.1 Å². The topological polar surface area (TPSA) is 187 Å². The van der Waals surface area contributed by atoms with E-state index < -0.39 is 68.1 Å². The molecule has 1 aromatic carbocycles. The molecule has 2 aliphatic carbocycles. The smallest absolute Gasteiger partial charge is 0.260 e. The van der Waals surface area contributed by atoms with Crippen molar-refractivity contribution in [1.82, 2.24) is 19.5 Å². The second-order valence-corrected chi connectivity index (χ2v) is 16.1. The molecule has 0 spiro atoms. The lowest BCUT2D eigenvalue weighted by molar-refractivity contribution is -0.146. The molecule has 13 nitrogen and oxygen atoms in total. The van der Waals surface area contributed by atoms with Crippen LogP contribution in [0.25, 0.3) is 10.8 Å². The van der Waals surface area contributed by atoms with Gasteiger partial charge in [-0.05, 0) is 55.1 Å². The molecule has 1 aliphatic heterocycles. The number of benzene rings is 1. The van der Waals surface area contributed by atoms with Gasteiger partial charge in [0.05, 0.1) is 25.1 Å². The van der Waals surface area contributed by atoms with E-state index in [4.69, 9.17) is 44.8 Å². The third-order valence-corrected chi connectivity index (χ3v) is 11.2. The third-order valence-electron chi connectivity index (χ3n) is 8.99. The number of nitrogens with zero attached hydrogens (tertiary/aromatic N) is 3. The van der Waals surface area contributed by atoms with E-state index in [9.17, 15) is 22.8 Å². The zero-order valence-corrected chi connectivity index (χ0v) is 29.0. The molecule has 5 N–H and O–H groups in total. The molecule has 16 heteroatoms. The van der Waals surface area contributed by atoms with Crippen LogP contribution in [-0.2, 0) is 24.4 Å². The molecule has 254 valence electrons. The number of hydrogen-bond acceptors (Lipinski definition) is 9. The van der Waals surface area contributed by atoms with Crippen LogP contribution >= 0.6 is 23.8 Å². The average Bonchev–Trinajstić information content (AvgIpc) is 3.91. The maximum atomic E-state index is 14.7. The average molecular weight is 707 g/mol. The molecule has 0 bridgehead atoms. The maximum Gasteiger partial charge on any atom is 0.260 e. The number of nitrogens with one attached hydrogen (secondary N) is 1. The summed E-state index contributed by atoms with van der Waals surface area (Å²) in [7, 11) is -2.42. The van der Waals surface area contributed by atoms with Crippen molar-refractivity contribution in [3.63, 3.8) is 0 Å². The van der Waals surface area contributed by atoms with E-state index in [-0.39, 0.29) is 30.4 Å². The van der Waals surface area contributed by atoms with Crippen molar-refractivity contribution in [3.8, 4) is 11.6 Å². The molecule has 2 aromatic rings. The van der Waals surface area contributed by atoms with Gasteiger partial charge in [-0.15, -0.1) is 6.58 Å². The number of carbonyl (C=O) groups is 3. The Kier molecular flexibility index (Phi) is 9.14. The van der Waals surface area contributed by atoms with Crippen molar-refractivity contribution in [2.75, 3.05) is 13.7 Å². The molecular formula is C31H39ClN6O7S2. The lowest BCUT2D eigenvalue weighted by Crippen LogP contribution is -2.66. The number of carbonyl (C=O) groups excluding carboxylic acids is 3. The first kappa shape index (κ1) is 34.6. The van der Waals surface area contributed by atoms with Crippen molar-refractivity contribution in [2.45, 2.75) is 75.4 Å². The van der Waals surface area contributed by atoms with Crippen LogP contribution in [0.4, 0.5) is 0 Å². The second kappa shape index (κ2) is 12.4. The van der Waals surface area contributed by atoms with Crippen molar-refractivity contribution < 1.29 is 32.3 Å². The second-order valence-electron chi connectivity index (χ2n) is 13.3. The van der Waals surface area contributed by atoms with Gasteiger partial charge in [0.25, 0.3) is 5.91 Å². The number of methoxy groups -OCH3 is 1. The lowest BCUT2D eigenvalue weighted by atomic mass is 9.83. The number of likely N-dealkylation sites (tertiary alicyclic amines) is 1. The van der Waals surface area contributed by atoms with Gasteiger partial charge < -0.3 is 30.7 Å². The molecule has 2 saturated carbocycles. The zero-order valence-electron chi connectivity index (χ0n) is 26.6. The summed E-state index contributed by atoms with van der Waals surface area (Å²) < 4.78 is 39.5. The molecule has 1 saturated heterocycles. The first-order chi connectivity index (χ1) is 22.0. The highest BCUT2D eigenvalue weighted by Gasteiger charge is 2.67. The van der Waals surface area contributed by atoms with Crippen LogP contribution < -0.4 is 25.7 Å². The number of fused-ring (bicyclic) bond motifs is 1. The first-order valence-corrected chi connectivity index (χ1v) is 17.5.